The van der Waals surface area contributed by atoms with Crippen LogP contribution < -0.4 is 16.8 Å². The Bertz CT molecular complexity index is 209. The molecular weight excluding hydrogens is 166 g/mol. The fourth-order valence-corrected chi connectivity index (χ4v) is 0.831. The van der Waals surface area contributed by atoms with Gasteiger partial charge in [-0.25, -0.2) is 0 Å². The van der Waals surface area contributed by atoms with E-state index in [4.69, 9.17) is 16.9 Å². The highest BCUT2D eigenvalue weighted by Gasteiger charge is 1.99. The lowest BCUT2D eigenvalue weighted by molar-refractivity contribution is 0.675. The van der Waals surface area contributed by atoms with Gasteiger partial charge in [-0.3, -0.25) is 15.7 Å². The van der Waals surface area contributed by atoms with Crippen molar-refractivity contribution in [1.82, 2.24) is 5.32 Å². The highest BCUT2D eigenvalue weighted by molar-refractivity contribution is 5.95. The Hall–Kier alpha value is -1.52. The molecule has 0 heterocycles. The van der Waals surface area contributed by atoms with Crippen molar-refractivity contribution in [3.63, 3.8) is 0 Å². The van der Waals surface area contributed by atoms with Gasteiger partial charge in [-0.1, -0.05) is 6.08 Å². The molecule has 0 aliphatic rings. The average molecular weight is 183 g/mol. The molecule has 6 N–H and O–H groups in total. The standard InChI is InChI=1S/C8H17N5/c1-3-4-5-6(2)12-8(11)13-7(9)10/h3,6H,1,4-5H2,2H3,(H6,9,10,11,12,13). The number of allylic oxidation sites excluding steroid dienone is 1. The van der Waals surface area contributed by atoms with E-state index in [0.717, 1.165) is 12.8 Å². The van der Waals surface area contributed by atoms with Crippen LogP contribution in [-0.4, -0.2) is 18.0 Å². The summed E-state index contributed by atoms with van der Waals surface area (Å²) in [5, 5.41) is 9.31. The van der Waals surface area contributed by atoms with Crippen LogP contribution in [0.1, 0.15) is 19.8 Å². The minimum atomic E-state index is -0.197. The van der Waals surface area contributed by atoms with Crippen LogP contribution in [0, 0.1) is 5.41 Å². The molecule has 0 aromatic rings. The Morgan fingerprint density at radius 1 is 1.69 bits per heavy atom. The Morgan fingerprint density at radius 3 is 2.77 bits per heavy atom. The molecule has 5 nitrogen and oxygen atoms in total. The summed E-state index contributed by atoms with van der Waals surface area (Å²) in [5.41, 5.74) is 10.5. The highest BCUT2D eigenvalue weighted by atomic mass is 15.2. The van der Waals surface area contributed by atoms with Gasteiger partial charge in [0, 0.05) is 0 Å². The van der Waals surface area contributed by atoms with Gasteiger partial charge in [-0.2, -0.15) is 0 Å². The van der Waals surface area contributed by atoms with Crippen LogP contribution in [0.4, 0.5) is 0 Å². The second kappa shape index (κ2) is 6.05. The average Bonchev–Trinajstić information content (AvgIpc) is 1.98. The summed E-state index contributed by atoms with van der Waals surface area (Å²) in [4.78, 5) is 4.07. The number of nitrogens with two attached hydrogens (primary N) is 2. The van der Waals surface area contributed by atoms with Crippen molar-refractivity contribution in [2.75, 3.05) is 0 Å². The molecule has 5 heteroatoms. The SMILES string of the molecule is C=CCCC(C)N=C(N)NC(=N)N. The van der Waals surface area contributed by atoms with Gasteiger partial charge in [-0.15, -0.1) is 6.58 Å². The largest absolute Gasteiger partial charge is 0.370 e. The molecule has 1 atom stereocenters. The monoisotopic (exact) mass is 183 g/mol. The van der Waals surface area contributed by atoms with E-state index in [2.05, 4.69) is 16.9 Å². The second-order valence-corrected chi connectivity index (χ2v) is 2.77. The normalized spacial score (nSPS) is 13.5. The molecule has 13 heavy (non-hydrogen) atoms. The van der Waals surface area contributed by atoms with Gasteiger partial charge in [-0.05, 0) is 19.8 Å². The van der Waals surface area contributed by atoms with E-state index in [1.807, 2.05) is 13.0 Å². The summed E-state index contributed by atoms with van der Waals surface area (Å²) in [6.45, 7) is 5.55. The molecule has 74 valence electrons. The first kappa shape index (κ1) is 11.5. The van der Waals surface area contributed by atoms with Crippen LogP contribution in [0.25, 0.3) is 0 Å². The molecule has 0 aliphatic carbocycles. The van der Waals surface area contributed by atoms with Gasteiger partial charge in [0.15, 0.2) is 11.9 Å². The molecule has 0 saturated heterocycles. The molecule has 0 aromatic heterocycles. The zero-order chi connectivity index (χ0) is 10.3. The van der Waals surface area contributed by atoms with E-state index < -0.39 is 0 Å². The van der Waals surface area contributed by atoms with Gasteiger partial charge in [0.25, 0.3) is 0 Å². The van der Waals surface area contributed by atoms with Crippen molar-refractivity contribution in [1.29, 1.82) is 5.41 Å². The van der Waals surface area contributed by atoms with Gasteiger partial charge in [0.2, 0.25) is 0 Å². The smallest absolute Gasteiger partial charge is 0.195 e. The minimum Gasteiger partial charge on any atom is -0.370 e. The number of hydrogen-bond donors (Lipinski definition) is 4. The third kappa shape index (κ3) is 6.86. The first-order valence-corrected chi connectivity index (χ1v) is 4.11. The van der Waals surface area contributed by atoms with Crippen molar-refractivity contribution >= 4 is 11.9 Å². The fraction of sp³-hybridized carbons (Fsp3) is 0.500. The molecule has 0 fully saturated rings. The fourth-order valence-electron chi connectivity index (χ4n) is 0.831. The Labute approximate surface area is 78.4 Å². The van der Waals surface area contributed by atoms with E-state index in [-0.39, 0.29) is 18.0 Å². The summed E-state index contributed by atoms with van der Waals surface area (Å²) in [7, 11) is 0. The van der Waals surface area contributed by atoms with E-state index in [9.17, 15) is 0 Å². The molecule has 0 spiro atoms. The van der Waals surface area contributed by atoms with Crippen molar-refractivity contribution in [2.45, 2.75) is 25.8 Å². The molecule has 0 radical (unpaired) electrons. The van der Waals surface area contributed by atoms with Crippen LogP contribution >= 0.6 is 0 Å². The number of nitrogens with one attached hydrogen (secondary N) is 2. The maximum absolute atomic E-state index is 6.90. The van der Waals surface area contributed by atoms with Crippen molar-refractivity contribution in [2.24, 2.45) is 16.5 Å². The van der Waals surface area contributed by atoms with E-state index in [1.165, 1.54) is 0 Å². The lowest BCUT2D eigenvalue weighted by Gasteiger charge is -2.07. The number of guanidine groups is 2. The highest BCUT2D eigenvalue weighted by Crippen LogP contribution is 2.00. The van der Waals surface area contributed by atoms with E-state index in [0.29, 0.717) is 0 Å². The maximum atomic E-state index is 6.90. The van der Waals surface area contributed by atoms with Gasteiger partial charge < -0.3 is 11.5 Å². The molecule has 0 aromatic carbocycles. The summed E-state index contributed by atoms with van der Waals surface area (Å²) in [6, 6.07) is 0.116. The molecule has 1 unspecified atom stereocenters. The molecule has 0 saturated carbocycles. The van der Waals surface area contributed by atoms with Crippen molar-refractivity contribution in [3.05, 3.63) is 12.7 Å². The Balaban J connectivity index is 3.89. The Kier molecular flexibility index (Phi) is 5.34. The predicted octanol–water partition coefficient (Wildman–Crippen LogP) is 0.139. The second-order valence-electron chi connectivity index (χ2n) is 2.77. The van der Waals surface area contributed by atoms with Gasteiger partial charge in [0.1, 0.15) is 0 Å². The lowest BCUT2D eigenvalue weighted by atomic mass is 10.2. The molecular formula is C8H17N5. The molecule has 0 amide bonds. The molecule has 0 rings (SSSR count). The first-order chi connectivity index (χ1) is 6.06. The lowest BCUT2D eigenvalue weighted by Crippen LogP contribution is -2.41. The summed E-state index contributed by atoms with van der Waals surface area (Å²) < 4.78 is 0. The topological polar surface area (TPSA) is 100 Å². The Morgan fingerprint density at radius 2 is 2.31 bits per heavy atom. The maximum Gasteiger partial charge on any atom is 0.195 e. The first-order valence-electron chi connectivity index (χ1n) is 4.11. The molecule has 0 aliphatic heterocycles. The minimum absolute atomic E-state index is 0.116. The zero-order valence-corrected chi connectivity index (χ0v) is 7.88. The number of hydrogen-bond acceptors (Lipinski definition) is 2. The van der Waals surface area contributed by atoms with Crippen molar-refractivity contribution < 1.29 is 0 Å². The van der Waals surface area contributed by atoms with Crippen LogP contribution in [0.15, 0.2) is 17.6 Å². The van der Waals surface area contributed by atoms with Crippen molar-refractivity contribution in [3.8, 4) is 0 Å². The summed E-state index contributed by atoms with van der Waals surface area (Å²) in [5.74, 6) is -0.0127. The summed E-state index contributed by atoms with van der Waals surface area (Å²) in [6.07, 6.45) is 3.63. The van der Waals surface area contributed by atoms with Crippen LogP contribution in [-0.2, 0) is 0 Å². The van der Waals surface area contributed by atoms with E-state index in [1.54, 1.807) is 0 Å². The third-order valence-electron chi connectivity index (χ3n) is 1.41. The van der Waals surface area contributed by atoms with Crippen LogP contribution in [0.5, 0.6) is 0 Å². The number of nitrogens with zero attached hydrogens (tertiary/aromatic N) is 1. The van der Waals surface area contributed by atoms with Gasteiger partial charge >= 0.3 is 0 Å². The quantitative estimate of drug-likeness (QED) is 0.283. The zero-order valence-electron chi connectivity index (χ0n) is 7.88. The summed E-state index contributed by atoms with van der Waals surface area (Å²) >= 11 is 0. The predicted molar refractivity (Wildman–Crippen MR) is 55.6 cm³/mol. The third-order valence-corrected chi connectivity index (χ3v) is 1.41. The van der Waals surface area contributed by atoms with Crippen LogP contribution in [0.3, 0.4) is 0 Å². The van der Waals surface area contributed by atoms with Gasteiger partial charge in [0.05, 0.1) is 6.04 Å². The molecule has 0 bridgehead atoms. The van der Waals surface area contributed by atoms with Crippen LogP contribution in [0.2, 0.25) is 0 Å². The number of rotatable bonds is 4. The number of aliphatic imine (C=N–C) groups is 1. The van der Waals surface area contributed by atoms with E-state index >= 15 is 0 Å².